The molecule has 240 valence electrons. The van der Waals surface area contributed by atoms with Crippen LogP contribution in [0.5, 0.6) is 0 Å². The molecule has 0 aromatic carbocycles. The van der Waals surface area contributed by atoms with Crippen LogP contribution in [-0.4, -0.2) is 125 Å². The van der Waals surface area contributed by atoms with E-state index in [0.717, 1.165) is 0 Å². The molecule has 0 aromatic heterocycles. The third-order valence-electron chi connectivity index (χ3n) is 5.67. The number of aliphatic hydroxyl groups is 3. The van der Waals surface area contributed by atoms with E-state index in [-0.39, 0.29) is 18.9 Å². The topological polar surface area (TPSA) is 334 Å². The highest BCUT2D eigenvalue weighted by Crippen LogP contribution is 2.06. The third-order valence-corrected chi connectivity index (χ3v) is 5.67. The second-order valence-corrected chi connectivity index (χ2v) is 9.61. The largest absolute Gasteiger partial charge is 0.480 e. The summed E-state index contributed by atoms with van der Waals surface area (Å²) in [5, 5.41) is 48.3. The first kappa shape index (κ1) is 37.9. The molecule has 5 amide bonds. The SMILES string of the molecule is CC(C)[C@H](NC(=O)C(N)CCCN=C(N)N)C(=O)N[C@H](C(=O)NCC(=O)N[C@@H](CO)C(=O)N[C@@H](CO)C(=O)O)[C@H](C)O. The lowest BCUT2D eigenvalue weighted by atomic mass is 10.0. The number of carboxylic acid groups (broad SMARTS) is 1. The number of hydrogen-bond acceptors (Lipinski definition) is 11. The number of carbonyl (C=O) groups excluding carboxylic acids is 5. The Morgan fingerprint density at radius 3 is 1.83 bits per heavy atom. The van der Waals surface area contributed by atoms with Crippen molar-refractivity contribution in [3.8, 4) is 0 Å². The van der Waals surface area contributed by atoms with E-state index in [1.54, 1.807) is 13.8 Å². The molecule has 0 aromatic rings. The van der Waals surface area contributed by atoms with Gasteiger partial charge < -0.3 is 64.2 Å². The maximum atomic E-state index is 12.9. The van der Waals surface area contributed by atoms with Gasteiger partial charge in [-0.1, -0.05) is 13.8 Å². The van der Waals surface area contributed by atoms with Gasteiger partial charge in [0.2, 0.25) is 29.5 Å². The summed E-state index contributed by atoms with van der Waals surface area (Å²) in [5.41, 5.74) is 16.4. The van der Waals surface area contributed by atoms with Crippen LogP contribution in [0.25, 0.3) is 0 Å². The van der Waals surface area contributed by atoms with Gasteiger partial charge >= 0.3 is 5.97 Å². The average molecular weight is 606 g/mol. The van der Waals surface area contributed by atoms with Crippen LogP contribution in [-0.2, 0) is 28.8 Å². The van der Waals surface area contributed by atoms with E-state index in [1.807, 2.05) is 5.32 Å². The number of rotatable bonds is 19. The van der Waals surface area contributed by atoms with Crippen molar-refractivity contribution in [1.82, 2.24) is 26.6 Å². The molecule has 0 radical (unpaired) electrons. The number of guanidine groups is 1. The number of carboxylic acids is 1. The van der Waals surface area contributed by atoms with Gasteiger partial charge in [-0.05, 0) is 25.7 Å². The molecular formula is C23H43N9O10. The molecule has 0 saturated carbocycles. The van der Waals surface area contributed by atoms with Crippen molar-refractivity contribution in [3.63, 3.8) is 0 Å². The first-order valence-corrected chi connectivity index (χ1v) is 13.0. The van der Waals surface area contributed by atoms with Gasteiger partial charge in [0.25, 0.3) is 0 Å². The molecule has 6 atom stereocenters. The van der Waals surface area contributed by atoms with Crippen molar-refractivity contribution in [2.45, 2.75) is 69.9 Å². The van der Waals surface area contributed by atoms with E-state index in [9.17, 15) is 39.0 Å². The number of hydrogen-bond donors (Lipinski definition) is 12. The molecule has 0 bridgehead atoms. The Balaban J connectivity index is 5.16. The van der Waals surface area contributed by atoms with Crippen LogP contribution < -0.4 is 43.8 Å². The van der Waals surface area contributed by atoms with Crippen LogP contribution in [0.15, 0.2) is 4.99 Å². The maximum absolute atomic E-state index is 12.9. The fourth-order valence-electron chi connectivity index (χ4n) is 3.27. The molecule has 0 aliphatic heterocycles. The summed E-state index contributed by atoms with van der Waals surface area (Å²) in [7, 11) is 0. The molecule has 0 rings (SSSR count). The first-order valence-electron chi connectivity index (χ1n) is 13.0. The summed E-state index contributed by atoms with van der Waals surface area (Å²) in [5.74, 6) is -6.64. The second-order valence-electron chi connectivity index (χ2n) is 9.61. The fraction of sp³-hybridized carbons (Fsp3) is 0.696. The minimum atomic E-state index is -1.68. The van der Waals surface area contributed by atoms with Crippen LogP contribution in [0.2, 0.25) is 0 Å². The molecule has 15 N–H and O–H groups in total. The average Bonchev–Trinajstić information content (AvgIpc) is 2.91. The van der Waals surface area contributed by atoms with E-state index in [2.05, 4.69) is 26.3 Å². The quantitative estimate of drug-likeness (QED) is 0.0370. The number of nitrogens with one attached hydrogen (secondary N) is 5. The smallest absolute Gasteiger partial charge is 0.328 e. The normalized spacial score (nSPS) is 15.1. The number of aliphatic carboxylic acids is 1. The van der Waals surface area contributed by atoms with E-state index in [1.165, 1.54) is 6.92 Å². The van der Waals surface area contributed by atoms with Gasteiger partial charge in [0.15, 0.2) is 5.96 Å². The number of carbonyl (C=O) groups is 6. The minimum absolute atomic E-state index is 0.103. The van der Waals surface area contributed by atoms with Crippen LogP contribution in [0.4, 0.5) is 0 Å². The Hall–Kier alpha value is -4.07. The predicted molar refractivity (Wildman–Crippen MR) is 147 cm³/mol. The lowest BCUT2D eigenvalue weighted by Crippen LogP contribution is -2.60. The summed E-state index contributed by atoms with van der Waals surface area (Å²) in [4.78, 5) is 77.2. The highest BCUT2D eigenvalue weighted by atomic mass is 16.4. The Labute approximate surface area is 242 Å². The highest BCUT2D eigenvalue weighted by Gasteiger charge is 2.32. The Bertz CT molecular complexity index is 972. The summed E-state index contributed by atoms with van der Waals surface area (Å²) in [6, 6.07) is -6.97. The number of nitrogens with two attached hydrogens (primary N) is 3. The molecule has 0 fully saturated rings. The predicted octanol–water partition coefficient (Wildman–Crippen LogP) is -6.47. The van der Waals surface area contributed by atoms with Crippen LogP contribution >= 0.6 is 0 Å². The van der Waals surface area contributed by atoms with E-state index in [0.29, 0.717) is 6.42 Å². The minimum Gasteiger partial charge on any atom is -0.480 e. The molecule has 0 spiro atoms. The zero-order chi connectivity index (χ0) is 32.6. The van der Waals surface area contributed by atoms with Crippen LogP contribution in [0, 0.1) is 5.92 Å². The van der Waals surface area contributed by atoms with Crippen LogP contribution in [0.3, 0.4) is 0 Å². The van der Waals surface area contributed by atoms with Crippen LogP contribution in [0.1, 0.15) is 33.6 Å². The monoisotopic (exact) mass is 605 g/mol. The molecule has 0 saturated heterocycles. The fourth-order valence-corrected chi connectivity index (χ4v) is 3.27. The molecule has 0 aliphatic rings. The van der Waals surface area contributed by atoms with Crippen molar-refractivity contribution >= 4 is 41.5 Å². The second kappa shape index (κ2) is 19.1. The molecular weight excluding hydrogens is 562 g/mol. The van der Waals surface area contributed by atoms with Gasteiger partial charge in [-0.25, -0.2) is 4.79 Å². The standard InChI is InChI=1S/C23H43N9O10/c1-10(2)16(31-18(37)12(24)5-4-6-27-23(25)26)21(40)32-17(11(3)35)20(39)28-7-15(36)29-13(8-33)19(38)30-14(9-34)22(41)42/h10-14,16-17,33-35H,4-9,24H2,1-3H3,(H,28,39)(H,29,36)(H,30,38)(H,31,37)(H,32,40)(H,41,42)(H4,25,26,27)/t11-,12?,13-,14-,16-,17-/m0/s1. The molecule has 1 unspecified atom stereocenters. The molecule has 19 nitrogen and oxygen atoms in total. The first-order chi connectivity index (χ1) is 19.5. The van der Waals surface area contributed by atoms with Crippen molar-refractivity contribution in [1.29, 1.82) is 0 Å². The highest BCUT2D eigenvalue weighted by molar-refractivity contribution is 5.95. The number of aliphatic hydroxyl groups excluding tert-OH is 3. The Morgan fingerprint density at radius 2 is 1.36 bits per heavy atom. The van der Waals surface area contributed by atoms with Gasteiger partial charge in [-0.15, -0.1) is 0 Å². The molecule has 19 heteroatoms. The lowest BCUT2D eigenvalue weighted by Gasteiger charge is -2.27. The van der Waals surface area contributed by atoms with E-state index >= 15 is 0 Å². The lowest BCUT2D eigenvalue weighted by molar-refractivity contribution is -0.143. The van der Waals surface area contributed by atoms with Crippen molar-refractivity contribution in [2.24, 2.45) is 28.1 Å². The van der Waals surface area contributed by atoms with Gasteiger partial charge in [-0.3, -0.25) is 29.0 Å². The molecule has 0 aliphatic carbocycles. The Morgan fingerprint density at radius 1 is 0.786 bits per heavy atom. The maximum Gasteiger partial charge on any atom is 0.328 e. The summed E-state index contributed by atoms with van der Waals surface area (Å²) < 4.78 is 0. The van der Waals surface area contributed by atoms with Crippen molar-refractivity contribution < 1.29 is 49.2 Å². The number of aliphatic imine (C=N–C) groups is 1. The van der Waals surface area contributed by atoms with E-state index in [4.69, 9.17) is 27.4 Å². The van der Waals surface area contributed by atoms with Gasteiger partial charge in [0.1, 0.15) is 24.2 Å². The summed E-state index contributed by atoms with van der Waals surface area (Å²) >= 11 is 0. The van der Waals surface area contributed by atoms with Gasteiger partial charge in [-0.2, -0.15) is 0 Å². The zero-order valence-electron chi connectivity index (χ0n) is 23.7. The molecule has 42 heavy (non-hydrogen) atoms. The Kier molecular flexibility index (Phi) is 17.3. The number of amides is 5. The molecule has 0 heterocycles. The summed E-state index contributed by atoms with van der Waals surface area (Å²) in [6.45, 7) is 2.08. The zero-order valence-corrected chi connectivity index (χ0v) is 23.7. The number of nitrogens with zero attached hydrogens (tertiary/aromatic N) is 1. The van der Waals surface area contributed by atoms with Crippen molar-refractivity contribution in [3.05, 3.63) is 0 Å². The van der Waals surface area contributed by atoms with E-state index < -0.39 is 97.5 Å². The third kappa shape index (κ3) is 14.0. The van der Waals surface area contributed by atoms with Gasteiger partial charge in [0, 0.05) is 6.54 Å². The summed E-state index contributed by atoms with van der Waals surface area (Å²) in [6.07, 6.45) is -0.824. The van der Waals surface area contributed by atoms with Crippen molar-refractivity contribution in [2.75, 3.05) is 26.3 Å². The van der Waals surface area contributed by atoms with Gasteiger partial charge in [0.05, 0.1) is 31.9 Å².